The molecule has 0 spiro atoms. The second kappa shape index (κ2) is 9.43. The van der Waals surface area contributed by atoms with Crippen molar-refractivity contribution >= 4 is 17.2 Å². The van der Waals surface area contributed by atoms with E-state index < -0.39 is 0 Å². The van der Waals surface area contributed by atoms with E-state index in [1.165, 1.54) is 17.9 Å². The summed E-state index contributed by atoms with van der Waals surface area (Å²) in [6.07, 6.45) is 1.89. The molecule has 1 N–H and O–H groups in total. The fourth-order valence-corrected chi connectivity index (χ4v) is 3.73. The largest absolute Gasteiger partial charge is 0.362 e. The number of nitrogens with zero attached hydrogens (tertiary/aromatic N) is 2. The zero-order valence-electron chi connectivity index (χ0n) is 15.9. The number of benzene rings is 1. The van der Waals surface area contributed by atoms with Crippen LogP contribution in [0.2, 0.25) is 0 Å². The summed E-state index contributed by atoms with van der Waals surface area (Å²) < 4.78 is 6.24. The molecule has 146 valence electrons. The van der Waals surface area contributed by atoms with Gasteiger partial charge in [0, 0.05) is 29.2 Å². The average molecular weight is 398 g/mol. The van der Waals surface area contributed by atoms with Gasteiger partial charge in [0.15, 0.2) is 0 Å². The highest BCUT2D eigenvalue weighted by Crippen LogP contribution is 2.24. The Morgan fingerprint density at radius 1 is 1.21 bits per heavy atom. The number of nitrogens with one attached hydrogen (secondary N) is 1. The van der Waals surface area contributed by atoms with Crippen molar-refractivity contribution < 1.29 is 9.53 Å². The van der Waals surface area contributed by atoms with Crippen LogP contribution in [0.25, 0.3) is 11.3 Å². The number of amides is 1. The molecule has 1 unspecified atom stereocenters. The number of hydrogen-bond donors (Lipinski definition) is 1. The molecule has 7 heteroatoms. The maximum absolute atomic E-state index is 12.7. The predicted octanol–water partition coefficient (Wildman–Crippen LogP) is 3.85. The Hall–Kier alpha value is -2.77. The Morgan fingerprint density at radius 2 is 2.00 bits per heavy atom. The summed E-state index contributed by atoms with van der Waals surface area (Å²) in [5, 5.41) is 9.44. The molecule has 1 aromatic carbocycles. The molecule has 28 heavy (non-hydrogen) atoms. The minimum absolute atomic E-state index is 0.0245. The number of thiophene rings is 1. The lowest BCUT2D eigenvalue weighted by Crippen LogP contribution is -2.28. The van der Waals surface area contributed by atoms with Crippen molar-refractivity contribution in [3.05, 3.63) is 74.7 Å². The van der Waals surface area contributed by atoms with Gasteiger partial charge in [0.1, 0.15) is 6.73 Å². The molecule has 0 aliphatic carbocycles. The third-order valence-electron chi connectivity index (χ3n) is 4.33. The minimum Gasteiger partial charge on any atom is -0.362 e. The van der Waals surface area contributed by atoms with E-state index in [9.17, 15) is 9.59 Å². The first-order chi connectivity index (χ1) is 13.6. The van der Waals surface area contributed by atoms with E-state index in [1.807, 2.05) is 23.6 Å². The van der Waals surface area contributed by atoms with E-state index in [-0.39, 0.29) is 24.2 Å². The fourth-order valence-electron chi connectivity index (χ4n) is 2.92. The number of carbonyl (C=O) groups excluding carboxylic acids is 1. The second-order valence-corrected chi connectivity index (χ2v) is 7.36. The van der Waals surface area contributed by atoms with Crippen LogP contribution < -0.4 is 10.9 Å². The first kappa shape index (κ1) is 20.0. The smallest absolute Gasteiger partial charge is 0.268 e. The van der Waals surface area contributed by atoms with Crippen molar-refractivity contribution in [2.75, 3.05) is 7.11 Å². The molecule has 0 aliphatic heterocycles. The Morgan fingerprint density at radius 3 is 2.64 bits per heavy atom. The SMILES string of the molecule is CCCC(NC(=O)c1ccc(-c2ccc(=O)n(COC)n2)cc1)c1cccs1. The van der Waals surface area contributed by atoms with Crippen LogP contribution in [0.15, 0.2) is 58.7 Å². The van der Waals surface area contributed by atoms with Crippen molar-refractivity contribution in [1.82, 2.24) is 15.1 Å². The number of aromatic nitrogens is 2. The quantitative estimate of drug-likeness (QED) is 0.627. The summed E-state index contributed by atoms with van der Waals surface area (Å²) in [4.78, 5) is 25.6. The fraction of sp³-hybridized carbons (Fsp3) is 0.286. The van der Waals surface area contributed by atoms with Gasteiger partial charge in [-0.05, 0) is 36.1 Å². The van der Waals surface area contributed by atoms with Gasteiger partial charge < -0.3 is 10.1 Å². The number of rotatable bonds is 8. The van der Waals surface area contributed by atoms with Crippen LogP contribution in [0.1, 0.15) is 41.0 Å². The Kier molecular flexibility index (Phi) is 6.73. The van der Waals surface area contributed by atoms with E-state index in [0.29, 0.717) is 11.3 Å². The Labute approximate surface area is 167 Å². The molecular formula is C21H23N3O3S. The zero-order chi connectivity index (χ0) is 19.9. The normalized spacial score (nSPS) is 11.9. The molecule has 1 amide bonds. The number of hydrogen-bond acceptors (Lipinski definition) is 5. The summed E-state index contributed by atoms with van der Waals surface area (Å²) in [7, 11) is 1.51. The van der Waals surface area contributed by atoms with Crippen molar-refractivity contribution in [3.63, 3.8) is 0 Å². The van der Waals surface area contributed by atoms with Gasteiger partial charge in [0.2, 0.25) is 0 Å². The van der Waals surface area contributed by atoms with Gasteiger partial charge in [-0.1, -0.05) is 31.5 Å². The molecule has 0 fully saturated rings. The monoisotopic (exact) mass is 397 g/mol. The third kappa shape index (κ3) is 4.74. The van der Waals surface area contributed by atoms with E-state index >= 15 is 0 Å². The van der Waals surface area contributed by atoms with E-state index in [2.05, 4.69) is 23.4 Å². The number of carbonyl (C=O) groups is 1. The molecule has 0 saturated carbocycles. The van der Waals surface area contributed by atoms with Crippen LogP contribution >= 0.6 is 11.3 Å². The van der Waals surface area contributed by atoms with Crippen LogP contribution in [-0.2, 0) is 11.5 Å². The molecule has 0 saturated heterocycles. The molecule has 0 bridgehead atoms. The maximum Gasteiger partial charge on any atom is 0.268 e. The van der Waals surface area contributed by atoms with E-state index in [1.54, 1.807) is 29.5 Å². The van der Waals surface area contributed by atoms with E-state index in [0.717, 1.165) is 23.3 Å². The summed E-state index contributed by atoms with van der Waals surface area (Å²) in [5.74, 6) is -0.101. The summed E-state index contributed by atoms with van der Waals surface area (Å²) >= 11 is 1.65. The molecule has 3 rings (SSSR count). The first-order valence-electron chi connectivity index (χ1n) is 9.14. The lowest BCUT2D eigenvalue weighted by atomic mass is 10.1. The van der Waals surface area contributed by atoms with Crippen LogP contribution in [0.5, 0.6) is 0 Å². The first-order valence-corrected chi connectivity index (χ1v) is 10.0. The van der Waals surface area contributed by atoms with Crippen molar-refractivity contribution in [2.24, 2.45) is 0 Å². The number of methoxy groups -OCH3 is 1. The van der Waals surface area contributed by atoms with Gasteiger partial charge in [-0.15, -0.1) is 11.3 Å². The highest BCUT2D eigenvalue weighted by Gasteiger charge is 2.16. The van der Waals surface area contributed by atoms with Crippen LogP contribution in [0.4, 0.5) is 0 Å². The summed E-state index contributed by atoms with van der Waals surface area (Å²) in [5.41, 5.74) is 1.83. The molecule has 2 aromatic heterocycles. The van der Waals surface area contributed by atoms with Crippen LogP contribution in [0.3, 0.4) is 0 Å². The molecule has 0 radical (unpaired) electrons. The second-order valence-electron chi connectivity index (χ2n) is 6.38. The molecular weight excluding hydrogens is 374 g/mol. The summed E-state index contributed by atoms with van der Waals surface area (Å²) in [6.45, 7) is 2.20. The highest BCUT2D eigenvalue weighted by molar-refractivity contribution is 7.10. The minimum atomic E-state index is -0.225. The Balaban J connectivity index is 1.75. The van der Waals surface area contributed by atoms with Crippen molar-refractivity contribution in [1.29, 1.82) is 0 Å². The lowest BCUT2D eigenvalue weighted by Gasteiger charge is -2.17. The molecule has 6 nitrogen and oxygen atoms in total. The number of ether oxygens (including phenoxy) is 1. The molecule has 2 heterocycles. The average Bonchev–Trinajstić information content (AvgIpc) is 3.24. The Bertz CT molecular complexity index is 965. The van der Waals surface area contributed by atoms with Crippen molar-refractivity contribution in [3.8, 4) is 11.3 Å². The standard InChI is InChI=1S/C21H23N3O3S/c1-3-5-18(19-6-4-13-28-19)22-21(26)16-9-7-15(8-10-16)17-11-12-20(25)24(23-17)14-27-2/h4,6-13,18H,3,5,14H2,1-2H3,(H,22,26). The van der Waals surface area contributed by atoms with Gasteiger partial charge in [-0.2, -0.15) is 5.10 Å². The van der Waals surface area contributed by atoms with Gasteiger partial charge in [0.05, 0.1) is 11.7 Å². The van der Waals surface area contributed by atoms with Crippen LogP contribution in [-0.4, -0.2) is 22.8 Å². The zero-order valence-corrected chi connectivity index (χ0v) is 16.7. The van der Waals surface area contributed by atoms with Gasteiger partial charge >= 0.3 is 0 Å². The lowest BCUT2D eigenvalue weighted by molar-refractivity contribution is 0.0935. The van der Waals surface area contributed by atoms with Crippen LogP contribution in [0, 0.1) is 0 Å². The third-order valence-corrected chi connectivity index (χ3v) is 5.32. The van der Waals surface area contributed by atoms with E-state index in [4.69, 9.17) is 4.74 Å². The maximum atomic E-state index is 12.7. The van der Waals surface area contributed by atoms with Crippen molar-refractivity contribution in [2.45, 2.75) is 32.5 Å². The van der Waals surface area contributed by atoms with Gasteiger partial charge in [-0.3, -0.25) is 9.59 Å². The topological polar surface area (TPSA) is 73.2 Å². The molecule has 0 aliphatic rings. The molecule has 1 atom stereocenters. The van der Waals surface area contributed by atoms with Gasteiger partial charge in [0.25, 0.3) is 11.5 Å². The summed E-state index contributed by atoms with van der Waals surface area (Å²) in [6, 6.07) is 14.4. The van der Waals surface area contributed by atoms with Gasteiger partial charge in [-0.25, -0.2) is 4.68 Å². The molecule has 3 aromatic rings. The predicted molar refractivity (Wildman–Crippen MR) is 110 cm³/mol. The highest BCUT2D eigenvalue weighted by atomic mass is 32.1.